The molecule has 0 amide bonds. The van der Waals surface area contributed by atoms with Gasteiger partial charge >= 0.3 is 12.1 Å². The van der Waals surface area contributed by atoms with Crippen LogP contribution in [0, 0.1) is 6.92 Å². The van der Waals surface area contributed by atoms with E-state index in [9.17, 15) is 13.2 Å². The zero-order valence-electron chi connectivity index (χ0n) is 8.12. The van der Waals surface area contributed by atoms with E-state index in [0.717, 1.165) is 5.69 Å². The molecule has 0 fully saturated rings. The van der Waals surface area contributed by atoms with Crippen LogP contribution in [0.3, 0.4) is 0 Å². The summed E-state index contributed by atoms with van der Waals surface area (Å²) in [6.07, 6.45) is -3.24. The lowest BCUT2D eigenvalue weighted by Crippen LogP contribution is -2.04. The molecule has 16 heavy (non-hydrogen) atoms. The molecule has 0 aliphatic carbocycles. The summed E-state index contributed by atoms with van der Waals surface area (Å²) in [6.45, 7) is 1.76. The topological polar surface area (TPSA) is 51.8 Å². The van der Waals surface area contributed by atoms with E-state index in [0.29, 0.717) is 5.56 Å². The Balaban J connectivity index is 2.35. The summed E-state index contributed by atoms with van der Waals surface area (Å²) >= 11 is 0. The second kappa shape index (κ2) is 3.58. The lowest BCUT2D eigenvalue weighted by atomic mass is 10.2. The van der Waals surface area contributed by atoms with Crippen molar-refractivity contribution in [1.82, 2.24) is 15.2 Å². The van der Waals surface area contributed by atoms with E-state index in [4.69, 9.17) is 0 Å². The first-order valence-corrected chi connectivity index (χ1v) is 4.30. The Labute approximate surface area is 88.1 Å². The SMILES string of the molecule is Cc1ccc(-c2nnc(C(F)(F)F)o2)cn1. The molecule has 2 rings (SSSR count). The summed E-state index contributed by atoms with van der Waals surface area (Å²) in [7, 11) is 0. The molecule has 0 unspecified atom stereocenters. The van der Waals surface area contributed by atoms with Gasteiger partial charge in [-0.25, -0.2) is 0 Å². The van der Waals surface area contributed by atoms with E-state index >= 15 is 0 Å². The Morgan fingerprint density at radius 3 is 2.44 bits per heavy atom. The molecule has 0 bridgehead atoms. The number of alkyl halides is 3. The van der Waals surface area contributed by atoms with E-state index in [-0.39, 0.29) is 5.89 Å². The van der Waals surface area contributed by atoms with E-state index < -0.39 is 12.1 Å². The summed E-state index contributed by atoms with van der Waals surface area (Å²) in [6, 6.07) is 3.21. The predicted molar refractivity (Wildman–Crippen MR) is 47.3 cm³/mol. The molecule has 7 heteroatoms. The monoisotopic (exact) mass is 229 g/mol. The molecular weight excluding hydrogens is 223 g/mol. The number of aryl methyl sites for hydroxylation is 1. The Hall–Kier alpha value is -1.92. The van der Waals surface area contributed by atoms with Crippen LogP contribution in [0.4, 0.5) is 13.2 Å². The largest absolute Gasteiger partial charge is 0.470 e. The molecule has 0 spiro atoms. The quantitative estimate of drug-likeness (QED) is 0.753. The molecule has 2 heterocycles. The first-order chi connectivity index (χ1) is 7.47. The second-order valence-corrected chi connectivity index (χ2v) is 3.10. The van der Waals surface area contributed by atoms with Crippen molar-refractivity contribution in [3.63, 3.8) is 0 Å². The van der Waals surface area contributed by atoms with Gasteiger partial charge in [-0.05, 0) is 19.1 Å². The summed E-state index contributed by atoms with van der Waals surface area (Å²) in [4.78, 5) is 3.92. The molecule has 0 saturated carbocycles. The first kappa shape index (κ1) is 10.6. The van der Waals surface area contributed by atoms with Crippen molar-refractivity contribution in [1.29, 1.82) is 0 Å². The van der Waals surface area contributed by atoms with Crippen molar-refractivity contribution >= 4 is 0 Å². The Kier molecular flexibility index (Phi) is 2.37. The van der Waals surface area contributed by atoms with Crippen LogP contribution in [-0.4, -0.2) is 15.2 Å². The highest BCUT2D eigenvalue weighted by Crippen LogP contribution is 2.29. The molecule has 0 atom stereocenters. The number of rotatable bonds is 1. The molecule has 2 aromatic rings. The lowest BCUT2D eigenvalue weighted by molar-refractivity contribution is -0.156. The minimum absolute atomic E-state index is 0.195. The third kappa shape index (κ3) is 2.02. The van der Waals surface area contributed by atoms with Crippen LogP contribution >= 0.6 is 0 Å². The van der Waals surface area contributed by atoms with E-state index in [2.05, 4.69) is 19.6 Å². The molecular formula is C9H6F3N3O. The Morgan fingerprint density at radius 2 is 1.94 bits per heavy atom. The predicted octanol–water partition coefficient (Wildman–Crippen LogP) is 2.46. The van der Waals surface area contributed by atoms with Crippen LogP contribution in [0.15, 0.2) is 22.7 Å². The van der Waals surface area contributed by atoms with Gasteiger partial charge in [-0.3, -0.25) is 4.98 Å². The molecule has 0 aliphatic rings. The number of nitrogens with zero attached hydrogens (tertiary/aromatic N) is 3. The fourth-order valence-corrected chi connectivity index (χ4v) is 1.05. The second-order valence-electron chi connectivity index (χ2n) is 3.10. The van der Waals surface area contributed by atoms with Gasteiger partial charge in [-0.2, -0.15) is 13.2 Å². The summed E-state index contributed by atoms with van der Waals surface area (Å²) in [5.41, 5.74) is 1.10. The highest BCUT2D eigenvalue weighted by atomic mass is 19.4. The maximum absolute atomic E-state index is 12.2. The van der Waals surface area contributed by atoms with E-state index in [1.54, 1.807) is 19.1 Å². The van der Waals surface area contributed by atoms with Gasteiger partial charge in [0, 0.05) is 11.9 Å². The van der Waals surface area contributed by atoms with E-state index in [1.165, 1.54) is 6.20 Å². The van der Waals surface area contributed by atoms with Crippen molar-refractivity contribution in [2.24, 2.45) is 0 Å². The van der Waals surface area contributed by atoms with Gasteiger partial charge in [-0.15, -0.1) is 10.2 Å². The van der Waals surface area contributed by atoms with Gasteiger partial charge in [0.1, 0.15) is 0 Å². The van der Waals surface area contributed by atoms with Crippen LogP contribution in [0.2, 0.25) is 0 Å². The molecule has 2 aromatic heterocycles. The smallest absolute Gasteiger partial charge is 0.413 e. The standard InChI is InChI=1S/C9H6F3N3O/c1-5-2-3-6(4-13-5)7-14-15-8(16-7)9(10,11)12/h2-4H,1H3. The average Bonchev–Trinajstić information content (AvgIpc) is 2.67. The van der Waals surface area contributed by atoms with Crippen molar-refractivity contribution in [2.75, 3.05) is 0 Å². The molecule has 4 nitrogen and oxygen atoms in total. The van der Waals surface area contributed by atoms with Crippen molar-refractivity contribution < 1.29 is 17.6 Å². The molecule has 0 radical (unpaired) electrons. The van der Waals surface area contributed by atoms with Crippen LogP contribution in [0.1, 0.15) is 11.6 Å². The number of hydrogen-bond acceptors (Lipinski definition) is 4. The van der Waals surface area contributed by atoms with Gasteiger partial charge in [0.15, 0.2) is 0 Å². The minimum Gasteiger partial charge on any atom is -0.413 e. The summed E-state index contributed by atoms with van der Waals surface area (Å²) in [5, 5.41) is 6.22. The van der Waals surface area contributed by atoms with Crippen molar-refractivity contribution in [3.8, 4) is 11.5 Å². The van der Waals surface area contributed by atoms with Gasteiger partial charge in [0.05, 0.1) is 5.56 Å². The lowest BCUT2D eigenvalue weighted by Gasteiger charge is -1.97. The fraction of sp³-hybridized carbons (Fsp3) is 0.222. The number of halogens is 3. The maximum Gasteiger partial charge on any atom is 0.470 e. The third-order valence-corrected chi connectivity index (χ3v) is 1.83. The highest BCUT2D eigenvalue weighted by Gasteiger charge is 2.38. The molecule has 0 aliphatic heterocycles. The Morgan fingerprint density at radius 1 is 1.19 bits per heavy atom. The average molecular weight is 229 g/mol. The van der Waals surface area contributed by atoms with Gasteiger partial charge < -0.3 is 4.42 Å². The fourth-order valence-electron chi connectivity index (χ4n) is 1.05. The van der Waals surface area contributed by atoms with Crippen LogP contribution in [-0.2, 0) is 6.18 Å². The van der Waals surface area contributed by atoms with Crippen molar-refractivity contribution in [3.05, 3.63) is 29.9 Å². The molecule has 84 valence electrons. The number of pyridine rings is 1. The third-order valence-electron chi connectivity index (χ3n) is 1.83. The maximum atomic E-state index is 12.2. The molecule has 0 N–H and O–H groups in total. The minimum atomic E-state index is -4.62. The van der Waals surface area contributed by atoms with Crippen molar-refractivity contribution in [2.45, 2.75) is 13.1 Å². The molecule has 0 saturated heterocycles. The van der Waals surface area contributed by atoms with Gasteiger partial charge in [0.25, 0.3) is 0 Å². The molecule has 0 aromatic carbocycles. The van der Waals surface area contributed by atoms with Crippen LogP contribution in [0.5, 0.6) is 0 Å². The summed E-state index contributed by atoms with van der Waals surface area (Å²) < 4.78 is 41.0. The summed E-state index contributed by atoms with van der Waals surface area (Å²) in [5.74, 6) is -1.55. The van der Waals surface area contributed by atoms with Crippen LogP contribution < -0.4 is 0 Å². The van der Waals surface area contributed by atoms with Gasteiger partial charge in [0.2, 0.25) is 5.89 Å². The number of hydrogen-bond donors (Lipinski definition) is 0. The first-order valence-electron chi connectivity index (χ1n) is 4.30. The zero-order chi connectivity index (χ0) is 11.8. The van der Waals surface area contributed by atoms with Crippen LogP contribution in [0.25, 0.3) is 11.5 Å². The van der Waals surface area contributed by atoms with Gasteiger partial charge in [-0.1, -0.05) is 0 Å². The normalized spacial score (nSPS) is 11.8. The highest BCUT2D eigenvalue weighted by molar-refractivity contribution is 5.50. The van der Waals surface area contributed by atoms with E-state index in [1.807, 2.05) is 0 Å². The Bertz CT molecular complexity index is 489. The number of aromatic nitrogens is 3. The zero-order valence-corrected chi connectivity index (χ0v) is 8.12.